The maximum absolute atomic E-state index is 11.1. The third-order valence-corrected chi connectivity index (χ3v) is 3.17. The Labute approximate surface area is 76.7 Å². The van der Waals surface area contributed by atoms with Crippen molar-refractivity contribution in [3.8, 4) is 0 Å². The van der Waals surface area contributed by atoms with Gasteiger partial charge in [-0.1, -0.05) is 25.8 Å². The Morgan fingerprint density at radius 2 is 2.00 bits per heavy atom. The van der Waals surface area contributed by atoms with Gasteiger partial charge < -0.3 is 0 Å². The van der Waals surface area contributed by atoms with Gasteiger partial charge in [-0.2, -0.15) is 0 Å². The Morgan fingerprint density at radius 1 is 1.42 bits per heavy atom. The Morgan fingerprint density at radius 3 is 2.50 bits per heavy atom. The van der Waals surface area contributed by atoms with E-state index >= 15 is 0 Å². The Kier molecular flexibility index (Phi) is 3.47. The van der Waals surface area contributed by atoms with Crippen LogP contribution in [0.5, 0.6) is 0 Å². The van der Waals surface area contributed by atoms with E-state index in [1.807, 2.05) is 6.92 Å². The summed E-state index contributed by atoms with van der Waals surface area (Å²) >= 11 is -1.30. The Hall–Kier alpha value is -0.150. The molecular weight excluding hydrogens is 172 g/mol. The van der Waals surface area contributed by atoms with Crippen LogP contribution in [0.25, 0.3) is 0 Å². The van der Waals surface area contributed by atoms with Gasteiger partial charge in [-0.05, 0) is 19.8 Å². The first-order chi connectivity index (χ1) is 5.66. The highest BCUT2D eigenvalue weighted by molar-refractivity contribution is 7.83. The first-order valence-corrected chi connectivity index (χ1v) is 5.53. The molecule has 0 radical (unpaired) electrons. The van der Waals surface area contributed by atoms with E-state index in [0.717, 1.165) is 12.8 Å². The Bertz CT molecular complexity index is 183. The second kappa shape index (κ2) is 4.19. The molecule has 0 heterocycles. The fourth-order valence-electron chi connectivity index (χ4n) is 1.62. The molecule has 12 heavy (non-hydrogen) atoms. The van der Waals surface area contributed by atoms with Crippen molar-refractivity contribution in [2.45, 2.75) is 44.6 Å². The standard InChI is InChI=1S/C9H16O2S/c1-3-12(10)11-9(2)7-5-4-6-8-9/h3H,1,4-8H2,2H3. The van der Waals surface area contributed by atoms with E-state index in [1.165, 1.54) is 24.7 Å². The van der Waals surface area contributed by atoms with E-state index in [0.29, 0.717) is 0 Å². The van der Waals surface area contributed by atoms with Crippen LogP contribution in [0.4, 0.5) is 0 Å². The predicted molar refractivity (Wildman–Crippen MR) is 50.9 cm³/mol. The first kappa shape index (κ1) is 9.93. The molecule has 1 unspecified atom stereocenters. The van der Waals surface area contributed by atoms with E-state index in [4.69, 9.17) is 4.18 Å². The van der Waals surface area contributed by atoms with Gasteiger partial charge in [0.25, 0.3) is 0 Å². The summed E-state index contributed by atoms with van der Waals surface area (Å²) in [5.41, 5.74) is -0.169. The molecule has 1 atom stereocenters. The van der Waals surface area contributed by atoms with Gasteiger partial charge >= 0.3 is 0 Å². The molecule has 0 aromatic carbocycles. The van der Waals surface area contributed by atoms with Gasteiger partial charge in [-0.3, -0.25) is 4.18 Å². The zero-order valence-electron chi connectivity index (χ0n) is 7.54. The van der Waals surface area contributed by atoms with E-state index in [9.17, 15) is 4.21 Å². The fourth-order valence-corrected chi connectivity index (χ4v) is 2.25. The lowest BCUT2D eigenvalue weighted by Crippen LogP contribution is -2.31. The van der Waals surface area contributed by atoms with E-state index in [2.05, 4.69) is 6.58 Å². The zero-order valence-corrected chi connectivity index (χ0v) is 8.36. The summed E-state index contributed by atoms with van der Waals surface area (Å²) < 4.78 is 16.4. The molecule has 0 spiro atoms. The minimum atomic E-state index is -1.30. The zero-order chi connectivity index (χ0) is 9.03. The maximum Gasteiger partial charge on any atom is 0.181 e. The minimum absolute atomic E-state index is 0.169. The average molecular weight is 188 g/mol. The molecular formula is C9H16O2S. The van der Waals surface area contributed by atoms with Crippen LogP contribution < -0.4 is 0 Å². The van der Waals surface area contributed by atoms with Crippen molar-refractivity contribution >= 4 is 11.1 Å². The summed E-state index contributed by atoms with van der Waals surface area (Å²) in [5.74, 6) is 0. The molecule has 1 aliphatic carbocycles. The summed E-state index contributed by atoms with van der Waals surface area (Å²) in [6.45, 7) is 5.47. The molecule has 0 saturated heterocycles. The molecule has 0 aromatic heterocycles. The molecule has 3 heteroatoms. The van der Waals surface area contributed by atoms with Crippen molar-refractivity contribution in [3.63, 3.8) is 0 Å². The molecule has 0 amide bonds. The molecule has 0 aliphatic heterocycles. The average Bonchev–Trinajstić information content (AvgIpc) is 2.05. The SMILES string of the molecule is C=CS(=O)OC1(C)CCCCC1. The van der Waals surface area contributed by atoms with Crippen LogP contribution in [-0.2, 0) is 15.3 Å². The highest BCUT2D eigenvalue weighted by Gasteiger charge is 2.29. The van der Waals surface area contributed by atoms with Crippen LogP contribution in [0.15, 0.2) is 12.0 Å². The second-order valence-electron chi connectivity index (χ2n) is 3.52. The summed E-state index contributed by atoms with van der Waals surface area (Å²) in [7, 11) is 0. The van der Waals surface area contributed by atoms with Crippen molar-refractivity contribution in [2.24, 2.45) is 0 Å². The molecule has 1 saturated carbocycles. The Balaban J connectivity index is 2.46. The molecule has 1 aliphatic rings. The molecule has 0 aromatic rings. The molecule has 70 valence electrons. The number of hydrogen-bond donors (Lipinski definition) is 0. The monoisotopic (exact) mass is 188 g/mol. The number of rotatable bonds is 3. The number of hydrogen-bond acceptors (Lipinski definition) is 2. The predicted octanol–water partition coefficient (Wildman–Crippen LogP) is 2.53. The van der Waals surface area contributed by atoms with Crippen LogP contribution >= 0.6 is 0 Å². The smallest absolute Gasteiger partial charge is 0.181 e. The lowest BCUT2D eigenvalue weighted by molar-refractivity contribution is 0.0652. The van der Waals surface area contributed by atoms with Crippen molar-refractivity contribution in [1.82, 2.24) is 0 Å². The third kappa shape index (κ3) is 2.72. The summed E-state index contributed by atoms with van der Waals surface area (Å²) in [6, 6.07) is 0. The van der Waals surface area contributed by atoms with Gasteiger partial charge in [0.05, 0.1) is 5.60 Å². The third-order valence-electron chi connectivity index (χ3n) is 2.33. The van der Waals surface area contributed by atoms with Crippen LogP contribution in [0.1, 0.15) is 39.0 Å². The van der Waals surface area contributed by atoms with E-state index < -0.39 is 11.1 Å². The van der Waals surface area contributed by atoms with Crippen LogP contribution in [0, 0.1) is 0 Å². The van der Waals surface area contributed by atoms with Crippen molar-refractivity contribution < 1.29 is 8.39 Å². The molecule has 1 fully saturated rings. The van der Waals surface area contributed by atoms with Crippen molar-refractivity contribution in [1.29, 1.82) is 0 Å². The fraction of sp³-hybridized carbons (Fsp3) is 0.778. The highest BCUT2D eigenvalue weighted by Crippen LogP contribution is 2.31. The van der Waals surface area contributed by atoms with Gasteiger partial charge in [0.15, 0.2) is 11.1 Å². The van der Waals surface area contributed by atoms with E-state index in [1.54, 1.807) is 0 Å². The maximum atomic E-state index is 11.1. The molecule has 0 bridgehead atoms. The highest BCUT2D eigenvalue weighted by atomic mass is 32.2. The van der Waals surface area contributed by atoms with Gasteiger partial charge in [-0.15, -0.1) is 0 Å². The first-order valence-electron chi connectivity index (χ1n) is 4.39. The van der Waals surface area contributed by atoms with Gasteiger partial charge in [0.1, 0.15) is 0 Å². The van der Waals surface area contributed by atoms with Crippen molar-refractivity contribution in [2.75, 3.05) is 0 Å². The van der Waals surface area contributed by atoms with Gasteiger partial charge in [-0.25, -0.2) is 4.21 Å². The summed E-state index contributed by atoms with van der Waals surface area (Å²) in [6.07, 6.45) is 5.69. The minimum Gasteiger partial charge on any atom is -0.281 e. The molecule has 2 nitrogen and oxygen atoms in total. The lowest BCUT2D eigenvalue weighted by Gasteiger charge is -2.31. The normalized spacial score (nSPS) is 24.8. The largest absolute Gasteiger partial charge is 0.281 e. The summed E-state index contributed by atoms with van der Waals surface area (Å²) in [5, 5.41) is 1.35. The quantitative estimate of drug-likeness (QED) is 0.680. The summed E-state index contributed by atoms with van der Waals surface area (Å²) in [4.78, 5) is 0. The van der Waals surface area contributed by atoms with Crippen LogP contribution in [-0.4, -0.2) is 9.81 Å². The topological polar surface area (TPSA) is 26.3 Å². The van der Waals surface area contributed by atoms with Gasteiger partial charge in [0.2, 0.25) is 0 Å². The molecule has 0 N–H and O–H groups in total. The lowest BCUT2D eigenvalue weighted by atomic mass is 9.87. The van der Waals surface area contributed by atoms with Gasteiger partial charge in [0, 0.05) is 5.41 Å². The second-order valence-corrected chi connectivity index (χ2v) is 4.54. The van der Waals surface area contributed by atoms with Crippen molar-refractivity contribution in [3.05, 3.63) is 12.0 Å². The molecule has 1 rings (SSSR count). The van der Waals surface area contributed by atoms with E-state index in [-0.39, 0.29) is 5.60 Å². The van der Waals surface area contributed by atoms with Crippen LogP contribution in [0.3, 0.4) is 0 Å². The van der Waals surface area contributed by atoms with Crippen LogP contribution in [0.2, 0.25) is 0 Å².